The van der Waals surface area contributed by atoms with Crippen molar-refractivity contribution in [3.63, 3.8) is 0 Å². The van der Waals surface area contributed by atoms with Crippen LogP contribution in [0.1, 0.15) is 19.4 Å². The second kappa shape index (κ2) is 5.84. The fraction of sp³-hybridized carbons (Fsp3) is 0.333. The molecule has 1 aromatic rings. The van der Waals surface area contributed by atoms with E-state index in [2.05, 4.69) is 4.72 Å². The lowest BCUT2D eigenvalue weighted by molar-refractivity contribution is 0.584. The third kappa shape index (κ3) is 5.01. The molecule has 17 heavy (non-hydrogen) atoms. The predicted molar refractivity (Wildman–Crippen MR) is 70.9 cm³/mol. The first kappa shape index (κ1) is 13.7. The summed E-state index contributed by atoms with van der Waals surface area (Å²) < 4.78 is 26.0. The molecule has 0 spiro atoms. The van der Waals surface area contributed by atoms with Gasteiger partial charge < -0.3 is 5.73 Å². The molecule has 0 aliphatic rings. The molecule has 0 unspecified atom stereocenters. The van der Waals surface area contributed by atoms with Gasteiger partial charge in [-0.2, -0.15) is 0 Å². The minimum absolute atomic E-state index is 0.0870. The van der Waals surface area contributed by atoms with Gasteiger partial charge in [-0.3, -0.25) is 0 Å². The van der Waals surface area contributed by atoms with Crippen molar-refractivity contribution < 1.29 is 8.42 Å². The summed E-state index contributed by atoms with van der Waals surface area (Å²) in [5.74, 6) is -0.0870. The molecule has 0 amide bonds. The summed E-state index contributed by atoms with van der Waals surface area (Å²) in [5, 5.41) is 0. The summed E-state index contributed by atoms with van der Waals surface area (Å²) in [6.45, 7) is 4.16. The molecule has 0 aromatic heterocycles. The van der Waals surface area contributed by atoms with E-state index >= 15 is 0 Å². The van der Waals surface area contributed by atoms with Crippen LogP contribution >= 0.6 is 0 Å². The fourth-order valence-electron chi connectivity index (χ4n) is 1.29. The molecule has 0 atom stereocenters. The summed E-state index contributed by atoms with van der Waals surface area (Å²) in [7, 11) is -3.33. The smallest absolute Gasteiger partial charge is 0.216 e. The summed E-state index contributed by atoms with van der Waals surface area (Å²) in [5.41, 5.74) is 7.90. The van der Waals surface area contributed by atoms with Gasteiger partial charge in [0, 0.05) is 12.2 Å². The molecule has 0 saturated carbocycles. The van der Waals surface area contributed by atoms with Gasteiger partial charge in [0.2, 0.25) is 10.0 Å². The molecule has 0 heterocycles. The lowest BCUT2D eigenvalue weighted by Gasteiger charge is -2.07. The summed E-state index contributed by atoms with van der Waals surface area (Å²) in [6, 6.07) is 6.97. The molecule has 0 radical (unpaired) electrons. The van der Waals surface area contributed by atoms with E-state index in [1.54, 1.807) is 24.3 Å². The zero-order valence-corrected chi connectivity index (χ0v) is 10.9. The van der Waals surface area contributed by atoms with E-state index in [1.165, 1.54) is 0 Å². The number of nitrogens with one attached hydrogen (secondary N) is 1. The second-order valence-corrected chi connectivity index (χ2v) is 5.89. The van der Waals surface area contributed by atoms with Crippen LogP contribution in [0.15, 0.2) is 35.9 Å². The van der Waals surface area contributed by atoms with Crippen LogP contribution in [0.2, 0.25) is 0 Å². The average molecular weight is 254 g/mol. The molecule has 3 N–H and O–H groups in total. The van der Waals surface area contributed by atoms with Gasteiger partial charge in [-0.1, -0.05) is 29.8 Å². The van der Waals surface area contributed by atoms with Gasteiger partial charge in [0.25, 0.3) is 0 Å². The molecule has 0 bridgehead atoms. The summed E-state index contributed by atoms with van der Waals surface area (Å²) in [4.78, 5) is 0. The number of rotatable bonds is 5. The number of hydrogen-bond acceptors (Lipinski definition) is 3. The van der Waals surface area contributed by atoms with Crippen molar-refractivity contribution in [2.24, 2.45) is 0 Å². The van der Waals surface area contributed by atoms with E-state index in [0.717, 1.165) is 5.57 Å². The van der Waals surface area contributed by atoms with Crippen LogP contribution in [0, 0.1) is 0 Å². The van der Waals surface area contributed by atoms with Crippen LogP contribution in [-0.2, 0) is 15.8 Å². The molecular formula is C12H18N2O2S. The van der Waals surface area contributed by atoms with Crippen molar-refractivity contribution in [2.75, 3.05) is 12.3 Å². The normalized spacial score (nSPS) is 11.2. The van der Waals surface area contributed by atoms with E-state index in [9.17, 15) is 8.42 Å². The molecule has 0 aliphatic heterocycles. The van der Waals surface area contributed by atoms with E-state index in [-0.39, 0.29) is 5.75 Å². The van der Waals surface area contributed by atoms with Crippen LogP contribution in [-0.4, -0.2) is 15.0 Å². The Morgan fingerprint density at radius 2 is 2.00 bits per heavy atom. The minimum Gasteiger partial charge on any atom is -0.398 e. The highest BCUT2D eigenvalue weighted by Gasteiger charge is 2.11. The van der Waals surface area contributed by atoms with Gasteiger partial charge in [-0.25, -0.2) is 13.1 Å². The van der Waals surface area contributed by atoms with Crippen LogP contribution in [0.3, 0.4) is 0 Å². The molecular weight excluding hydrogens is 236 g/mol. The van der Waals surface area contributed by atoms with Crippen molar-refractivity contribution in [1.82, 2.24) is 4.72 Å². The van der Waals surface area contributed by atoms with Crippen LogP contribution in [0.25, 0.3) is 0 Å². The number of anilines is 1. The Kier molecular flexibility index (Phi) is 4.72. The first-order valence-corrected chi connectivity index (χ1v) is 7.00. The number of nitrogens with two attached hydrogens (primary N) is 1. The Morgan fingerprint density at radius 3 is 2.59 bits per heavy atom. The molecule has 1 rings (SSSR count). The summed E-state index contributed by atoms with van der Waals surface area (Å²) in [6.07, 6.45) is 1.83. The minimum atomic E-state index is -3.33. The monoisotopic (exact) mass is 254 g/mol. The van der Waals surface area contributed by atoms with Gasteiger partial charge in [-0.15, -0.1) is 0 Å². The quantitative estimate of drug-likeness (QED) is 0.620. The largest absolute Gasteiger partial charge is 0.398 e. The van der Waals surface area contributed by atoms with Crippen LogP contribution in [0.5, 0.6) is 0 Å². The molecule has 94 valence electrons. The van der Waals surface area contributed by atoms with E-state index in [0.29, 0.717) is 17.8 Å². The van der Waals surface area contributed by atoms with Crippen LogP contribution < -0.4 is 10.5 Å². The van der Waals surface area contributed by atoms with Gasteiger partial charge in [-0.05, 0) is 25.5 Å². The van der Waals surface area contributed by atoms with E-state index in [4.69, 9.17) is 5.73 Å². The SMILES string of the molecule is CC(C)=CCNS(=O)(=O)Cc1ccccc1N. The van der Waals surface area contributed by atoms with Crippen molar-refractivity contribution in [1.29, 1.82) is 0 Å². The Bertz CT molecular complexity index is 503. The number of nitrogen functional groups attached to an aromatic ring is 1. The zero-order chi connectivity index (χ0) is 12.9. The third-order valence-electron chi connectivity index (χ3n) is 2.21. The average Bonchev–Trinajstić information content (AvgIpc) is 2.20. The van der Waals surface area contributed by atoms with Gasteiger partial charge in [0.1, 0.15) is 0 Å². The fourth-order valence-corrected chi connectivity index (χ4v) is 2.41. The number of sulfonamides is 1. The lowest BCUT2D eigenvalue weighted by atomic mass is 10.2. The van der Waals surface area contributed by atoms with Crippen LogP contribution in [0.4, 0.5) is 5.69 Å². The predicted octanol–water partition coefficient (Wildman–Crippen LogP) is 1.65. The van der Waals surface area contributed by atoms with Gasteiger partial charge >= 0.3 is 0 Å². The Balaban J connectivity index is 2.68. The number of hydrogen-bond donors (Lipinski definition) is 2. The topological polar surface area (TPSA) is 72.2 Å². The standard InChI is InChI=1S/C12H18N2O2S/c1-10(2)7-8-14-17(15,16)9-11-5-3-4-6-12(11)13/h3-7,14H,8-9,13H2,1-2H3. The highest BCUT2D eigenvalue weighted by molar-refractivity contribution is 7.88. The zero-order valence-electron chi connectivity index (χ0n) is 10.1. The lowest BCUT2D eigenvalue weighted by Crippen LogP contribution is -2.25. The highest BCUT2D eigenvalue weighted by Crippen LogP contribution is 2.13. The first-order chi connectivity index (χ1) is 7.91. The second-order valence-electron chi connectivity index (χ2n) is 4.09. The maximum absolute atomic E-state index is 11.7. The van der Waals surface area contributed by atoms with E-state index < -0.39 is 10.0 Å². The maximum atomic E-state index is 11.7. The molecule has 0 aliphatic carbocycles. The van der Waals surface area contributed by atoms with Crippen molar-refractivity contribution in [3.8, 4) is 0 Å². The Hall–Kier alpha value is -1.33. The molecule has 1 aromatic carbocycles. The van der Waals surface area contributed by atoms with Gasteiger partial charge in [0.15, 0.2) is 0 Å². The summed E-state index contributed by atoms with van der Waals surface area (Å²) >= 11 is 0. The number of para-hydroxylation sites is 1. The Morgan fingerprint density at radius 1 is 1.35 bits per heavy atom. The molecule has 5 heteroatoms. The number of allylic oxidation sites excluding steroid dienone is 1. The first-order valence-electron chi connectivity index (χ1n) is 5.35. The molecule has 0 fully saturated rings. The molecule has 4 nitrogen and oxygen atoms in total. The van der Waals surface area contributed by atoms with Crippen molar-refractivity contribution in [3.05, 3.63) is 41.5 Å². The van der Waals surface area contributed by atoms with E-state index in [1.807, 2.05) is 19.9 Å². The van der Waals surface area contributed by atoms with Gasteiger partial charge in [0.05, 0.1) is 5.75 Å². The highest BCUT2D eigenvalue weighted by atomic mass is 32.2. The third-order valence-corrected chi connectivity index (χ3v) is 3.51. The Labute approximate surface area is 103 Å². The molecule has 0 saturated heterocycles. The van der Waals surface area contributed by atoms with Crippen molar-refractivity contribution >= 4 is 15.7 Å². The number of benzene rings is 1. The maximum Gasteiger partial charge on any atom is 0.216 e. The van der Waals surface area contributed by atoms with Crippen molar-refractivity contribution in [2.45, 2.75) is 19.6 Å².